The zero-order chi connectivity index (χ0) is 22.2. The Labute approximate surface area is 178 Å². The van der Waals surface area contributed by atoms with Crippen molar-refractivity contribution in [2.24, 2.45) is 0 Å². The van der Waals surface area contributed by atoms with Gasteiger partial charge < -0.3 is 4.74 Å². The second kappa shape index (κ2) is 7.76. The van der Waals surface area contributed by atoms with Gasteiger partial charge in [0.05, 0.1) is 0 Å². The molecule has 1 N–H and O–H groups in total. The summed E-state index contributed by atoms with van der Waals surface area (Å²) in [5, 5.41) is 0. The minimum atomic E-state index is -4.45. The zero-order valence-electron chi connectivity index (χ0n) is 15.7. The Hall–Kier alpha value is -3.28. The highest BCUT2D eigenvalue weighted by Crippen LogP contribution is 2.34. The van der Waals surface area contributed by atoms with Gasteiger partial charge in [-0.25, -0.2) is 21.2 Å². The average molecular weight is 462 g/mol. The third-order valence-corrected chi connectivity index (χ3v) is 8.66. The van der Waals surface area contributed by atoms with Crippen molar-refractivity contribution in [2.45, 2.75) is 16.4 Å². The third kappa shape index (κ3) is 3.90. The van der Waals surface area contributed by atoms with E-state index in [1.165, 1.54) is 48.5 Å². The summed E-state index contributed by atoms with van der Waals surface area (Å²) >= 11 is 0. The van der Waals surface area contributed by atoms with Crippen LogP contribution in [0, 0.1) is 5.82 Å². The van der Waals surface area contributed by atoms with Crippen LogP contribution in [0.15, 0.2) is 82.6 Å². The largest absolute Gasteiger partial charge is 0.489 e. The minimum absolute atomic E-state index is 0.0219. The van der Waals surface area contributed by atoms with Crippen molar-refractivity contribution in [3.63, 3.8) is 0 Å². The third-order valence-electron chi connectivity index (χ3n) is 4.47. The van der Waals surface area contributed by atoms with E-state index in [-0.39, 0.29) is 21.8 Å². The van der Waals surface area contributed by atoms with Gasteiger partial charge in [-0.05, 0) is 54.1 Å². The minimum Gasteiger partial charge on any atom is -0.489 e. The lowest BCUT2D eigenvalue weighted by Crippen LogP contribution is -2.45. The van der Waals surface area contributed by atoms with Gasteiger partial charge in [-0.15, -0.1) is 0 Å². The number of hydrazine groups is 1. The van der Waals surface area contributed by atoms with Crippen LogP contribution in [-0.2, 0) is 26.7 Å². The summed E-state index contributed by atoms with van der Waals surface area (Å²) in [5.74, 6) is -0.871. The molecule has 0 fully saturated rings. The maximum atomic E-state index is 12.9. The summed E-state index contributed by atoms with van der Waals surface area (Å²) in [7, 11) is -8.89. The number of ether oxygens (including phenoxy) is 1. The molecule has 0 aliphatic carbocycles. The van der Waals surface area contributed by atoms with Crippen molar-refractivity contribution in [1.82, 2.24) is 9.25 Å². The van der Waals surface area contributed by atoms with Gasteiger partial charge in [0.2, 0.25) is 0 Å². The summed E-state index contributed by atoms with van der Waals surface area (Å²) in [6.07, 6.45) is 0. The fourth-order valence-corrected chi connectivity index (χ4v) is 6.96. The van der Waals surface area contributed by atoms with E-state index in [1.54, 1.807) is 12.1 Å². The molecule has 3 aromatic carbocycles. The molecule has 0 saturated carbocycles. The average Bonchev–Trinajstić information content (AvgIpc) is 2.91. The highest BCUT2D eigenvalue weighted by Gasteiger charge is 2.48. The number of nitrogens with one attached hydrogen (secondary N) is 1. The van der Waals surface area contributed by atoms with Gasteiger partial charge in [-0.2, -0.15) is 0 Å². The fourth-order valence-electron chi connectivity index (χ4n) is 2.90. The Morgan fingerprint density at radius 1 is 0.839 bits per heavy atom. The molecule has 1 amide bonds. The van der Waals surface area contributed by atoms with Gasteiger partial charge in [0.25, 0.3) is 26.0 Å². The van der Waals surface area contributed by atoms with Crippen molar-refractivity contribution >= 4 is 26.0 Å². The number of hydrogen-bond acceptors (Lipinski definition) is 6. The predicted molar refractivity (Wildman–Crippen MR) is 107 cm³/mol. The van der Waals surface area contributed by atoms with Crippen LogP contribution in [0.25, 0.3) is 0 Å². The zero-order valence-corrected chi connectivity index (χ0v) is 17.4. The molecule has 1 heterocycles. The summed E-state index contributed by atoms with van der Waals surface area (Å²) in [5.41, 5.74) is 2.71. The second-order valence-electron chi connectivity index (χ2n) is 6.53. The number of carbonyl (C=O) groups excluding carboxylic acids is 1. The molecule has 1 aliphatic rings. The Bertz CT molecular complexity index is 1300. The Kier molecular flexibility index (Phi) is 5.25. The summed E-state index contributed by atoms with van der Waals surface area (Å²) in [6.45, 7) is 0.175. The van der Waals surface area contributed by atoms with Crippen molar-refractivity contribution in [3.05, 3.63) is 89.7 Å². The smallest absolute Gasteiger partial charge is 0.275 e. The first-order chi connectivity index (χ1) is 14.7. The number of halogens is 1. The van der Waals surface area contributed by atoms with Gasteiger partial charge in [-0.1, -0.05) is 24.3 Å². The maximum absolute atomic E-state index is 12.9. The van der Waals surface area contributed by atoms with E-state index in [0.717, 1.165) is 17.7 Å². The number of sulfonamides is 2. The molecule has 0 unspecified atom stereocenters. The predicted octanol–water partition coefficient (Wildman–Crippen LogP) is 2.44. The van der Waals surface area contributed by atoms with Crippen LogP contribution in [-0.4, -0.2) is 26.6 Å². The van der Waals surface area contributed by atoms with Gasteiger partial charge in [0, 0.05) is 9.38 Å². The van der Waals surface area contributed by atoms with E-state index in [4.69, 9.17) is 4.74 Å². The number of amides is 1. The molecule has 0 aromatic heterocycles. The van der Waals surface area contributed by atoms with Crippen LogP contribution in [0.1, 0.15) is 15.9 Å². The van der Waals surface area contributed by atoms with Crippen molar-refractivity contribution in [3.8, 4) is 5.75 Å². The molecular formula is C20H15FN2O6S2. The molecule has 160 valence electrons. The lowest BCUT2D eigenvalue weighted by Gasteiger charge is -2.15. The fraction of sp³-hybridized carbons (Fsp3) is 0.0500. The van der Waals surface area contributed by atoms with Gasteiger partial charge in [0.15, 0.2) is 0 Å². The first-order valence-electron chi connectivity index (χ1n) is 8.87. The molecule has 1 aliphatic heterocycles. The highest BCUT2D eigenvalue weighted by atomic mass is 32.3. The highest BCUT2D eigenvalue weighted by molar-refractivity contribution is 8.06. The normalized spacial score (nSPS) is 16.4. The van der Waals surface area contributed by atoms with E-state index < -0.39 is 35.7 Å². The quantitative estimate of drug-likeness (QED) is 0.624. The second-order valence-corrected chi connectivity index (χ2v) is 10.3. The first kappa shape index (κ1) is 21.0. The molecule has 0 radical (unpaired) electrons. The Morgan fingerprint density at radius 3 is 1.94 bits per heavy atom. The van der Waals surface area contributed by atoms with Crippen LogP contribution >= 0.6 is 0 Å². The van der Waals surface area contributed by atoms with Gasteiger partial charge >= 0.3 is 0 Å². The summed E-state index contributed by atoms with van der Waals surface area (Å²) < 4.78 is 68.7. The number of carbonyl (C=O) groups is 1. The molecule has 31 heavy (non-hydrogen) atoms. The number of hydrogen-bond donors (Lipinski definition) is 1. The van der Waals surface area contributed by atoms with E-state index >= 15 is 0 Å². The topological polar surface area (TPSA) is 110 Å². The van der Waals surface area contributed by atoms with Gasteiger partial charge in [-0.3, -0.25) is 10.2 Å². The maximum Gasteiger partial charge on any atom is 0.275 e. The summed E-state index contributed by atoms with van der Waals surface area (Å²) in [6, 6.07) is 16.5. The molecule has 3 aromatic rings. The first-order valence-corrected chi connectivity index (χ1v) is 11.8. The monoisotopic (exact) mass is 462 g/mol. The SMILES string of the molecule is O=C(NN1S(=O)(=O)c2ccccc2S1(=O)=O)c1ccc(OCc2ccc(F)cc2)cc1. The number of nitrogens with zero attached hydrogens (tertiary/aromatic N) is 1. The van der Waals surface area contributed by atoms with E-state index in [0.29, 0.717) is 5.75 Å². The Balaban J connectivity index is 1.47. The lowest BCUT2D eigenvalue weighted by molar-refractivity contribution is 0.0915. The van der Waals surface area contributed by atoms with Crippen molar-refractivity contribution in [2.75, 3.05) is 0 Å². The van der Waals surface area contributed by atoms with Crippen molar-refractivity contribution in [1.29, 1.82) is 0 Å². The van der Waals surface area contributed by atoms with Crippen LogP contribution in [0.3, 0.4) is 0 Å². The standard InChI is InChI=1S/C20H15FN2O6S2/c21-16-9-5-14(6-10-16)13-29-17-11-7-15(8-12-17)20(24)22-23-30(25,26)18-3-1-2-4-19(18)31(23,27)28/h1-12H,13H2,(H,22,24). The van der Waals surface area contributed by atoms with E-state index in [1.807, 2.05) is 5.43 Å². The Morgan fingerprint density at radius 2 is 1.39 bits per heavy atom. The van der Waals surface area contributed by atoms with E-state index in [9.17, 15) is 26.0 Å². The summed E-state index contributed by atoms with van der Waals surface area (Å²) in [4.78, 5) is 11.7. The molecule has 4 rings (SSSR count). The van der Waals surface area contributed by atoms with Crippen LogP contribution in [0.2, 0.25) is 0 Å². The van der Waals surface area contributed by atoms with Crippen molar-refractivity contribution < 1.29 is 30.8 Å². The van der Waals surface area contributed by atoms with E-state index in [2.05, 4.69) is 0 Å². The van der Waals surface area contributed by atoms with Crippen LogP contribution in [0.5, 0.6) is 5.75 Å². The number of benzene rings is 3. The molecule has 0 bridgehead atoms. The van der Waals surface area contributed by atoms with Crippen LogP contribution < -0.4 is 10.2 Å². The molecule has 0 atom stereocenters. The molecule has 8 nitrogen and oxygen atoms in total. The van der Waals surface area contributed by atoms with Gasteiger partial charge in [0.1, 0.15) is 28.0 Å². The molecule has 11 heteroatoms. The number of fused-ring (bicyclic) bond motifs is 1. The molecular weight excluding hydrogens is 447 g/mol. The number of rotatable bonds is 5. The molecule has 0 spiro atoms. The lowest BCUT2D eigenvalue weighted by atomic mass is 10.2. The van der Waals surface area contributed by atoms with Crippen LogP contribution in [0.4, 0.5) is 4.39 Å². The molecule has 0 saturated heterocycles.